The van der Waals surface area contributed by atoms with E-state index in [1.807, 2.05) is 0 Å². The highest BCUT2D eigenvalue weighted by Crippen LogP contribution is 2.26. The molecule has 6 atom stereocenters. The number of allylic oxidation sites excluding steroid dienone is 10. The van der Waals surface area contributed by atoms with E-state index in [9.17, 15) is 33.1 Å². The highest BCUT2D eigenvalue weighted by atomic mass is 32.3. The fourth-order valence-electron chi connectivity index (χ4n) is 7.46. The Morgan fingerprint density at radius 1 is 0.585 bits per heavy atom. The number of unbranched alkanes of at least 4 members (excludes halogenated alkanes) is 21. The summed E-state index contributed by atoms with van der Waals surface area (Å²) in [5, 5.41) is 30.7. The predicted octanol–water partition coefficient (Wildman–Crippen LogP) is 11.7. The maximum atomic E-state index is 12.9. The Labute approximate surface area is 395 Å². The molecule has 0 aliphatic carbocycles. The van der Waals surface area contributed by atoms with Gasteiger partial charge in [0.25, 0.3) is 0 Å². The van der Waals surface area contributed by atoms with Crippen LogP contribution in [0.25, 0.3) is 0 Å². The van der Waals surface area contributed by atoms with Gasteiger partial charge in [0.05, 0.1) is 19.8 Å². The van der Waals surface area contributed by atoms with E-state index in [1.54, 1.807) is 0 Å². The van der Waals surface area contributed by atoms with E-state index in [2.05, 4.69) is 78.8 Å². The lowest BCUT2D eigenvalue weighted by Crippen LogP contribution is -2.60. The van der Waals surface area contributed by atoms with Crippen LogP contribution in [0.3, 0.4) is 0 Å². The highest BCUT2D eigenvalue weighted by molar-refractivity contribution is 7.80. The van der Waals surface area contributed by atoms with Gasteiger partial charge in [-0.05, 0) is 77.0 Å². The number of hydrogen-bond acceptors (Lipinski definition) is 11. The second-order valence-electron chi connectivity index (χ2n) is 17.4. The van der Waals surface area contributed by atoms with Crippen molar-refractivity contribution in [1.82, 2.24) is 0 Å². The average molecular weight is 941 g/mol. The van der Waals surface area contributed by atoms with Crippen molar-refractivity contribution in [3.8, 4) is 0 Å². The van der Waals surface area contributed by atoms with E-state index in [1.165, 1.54) is 89.9 Å². The summed E-state index contributed by atoms with van der Waals surface area (Å²) >= 11 is 0. The molecular formula is C52H92O12S. The zero-order valence-corrected chi connectivity index (χ0v) is 41.4. The van der Waals surface area contributed by atoms with Crippen LogP contribution in [0.15, 0.2) is 60.8 Å². The standard InChI is InChI=1S/C52H92O12S/c1-3-5-7-9-11-13-15-17-19-20-21-22-23-24-25-26-27-29-31-33-35-37-39-41-48(54)62-46(45-61-52-50(56)51(64-65(57,58)59)49(55)47(43-53)63-52)44-60-42-40-38-36-34-32-30-28-18-16-14-12-10-8-6-4-2/h10,12,15-18,20-21,23-24,46-47,49-53,55-56H,3-9,11,13-14,19,22,25-45H2,1-2H3,(H,57,58,59)/b12-10-,17-15-,18-16-,21-20-,24-23-. The van der Waals surface area contributed by atoms with Crippen LogP contribution in [-0.4, -0.2) is 97.5 Å². The lowest BCUT2D eigenvalue weighted by Gasteiger charge is -2.41. The van der Waals surface area contributed by atoms with Crippen LogP contribution in [0, 0.1) is 0 Å². The minimum absolute atomic E-state index is 0.0236. The Morgan fingerprint density at radius 3 is 1.52 bits per heavy atom. The summed E-state index contributed by atoms with van der Waals surface area (Å²) in [6, 6.07) is 0. The summed E-state index contributed by atoms with van der Waals surface area (Å²) in [5.74, 6) is -0.411. The van der Waals surface area contributed by atoms with Crippen molar-refractivity contribution in [1.29, 1.82) is 0 Å². The van der Waals surface area contributed by atoms with Crippen LogP contribution in [-0.2, 0) is 38.3 Å². The van der Waals surface area contributed by atoms with E-state index < -0.39 is 59.8 Å². The van der Waals surface area contributed by atoms with E-state index in [-0.39, 0.29) is 19.6 Å². The maximum absolute atomic E-state index is 12.9. The molecular weight excluding hydrogens is 849 g/mol. The number of carbonyl (C=O) groups excluding carboxylic acids is 1. The SMILES string of the molecule is CCCC/C=C\C/C=C\CCCCCCCCOCC(COC1OC(CO)C(O)C(OS(=O)(=O)O)C1O)OC(=O)CCCCCCCCCC/C=C\C/C=C\C/C=C\CCCCCCC. The molecule has 1 saturated heterocycles. The van der Waals surface area contributed by atoms with Gasteiger partial charge in [-0.15, -0.1) is 0 Å². The maximum Gasteiger partial charge on any atom is 0.397 e. The topological polar surface area (TPSA) is 178 Å². The molecule has 6 unspecified atom stereocenters. The van der Waals surface area contributed by atoms with Crippen LogP contribution in [0.2, 0.25) is 0 Å². The summed E-state index contributed by atoms with van der Waals surface area (Å²) in [6.07, 6.45) is 45.3. The fourth-order valence-corrected chi connectivity index (χ4v) is 7.97. The molecule has 0 bridgehead atoms. The summed E-state index contributed by atoms with van der Waals surface area (Å²) in [4.78, 5) is 12.9. The summed E-state index contributed by atoms with van der Waals surface area (Å²) in [7, 11) is -5.07. The first-order valence-electron chi connectivity index (χ1n) is 25.5. The highest BCUT2D eigenvalue weighted by Gasteiger charge is 2.48. The first-order valence-corrected chi connectivity index (χ1v) is 26.9. The van der Waals surface area contributed by atoms with Gasteiger partial charge in [0.1, 0.15) is 30.5 Å². The molecule has 1 fully saturated rings. The molecule has 378 valence electrons. The van der Waals surface area contributed by atoms with Gasteiger partial charge in [-0.3, -0.25) is 9.35 Å². The Morgan fingerprint density at radius 2 is 1.03 bits per heavy atom. The molecule has 0 amide bonds. The summed E-state index contributed by atoms with van der Waals surface area (Å²) in [5.41, 5.74) is 0. The number of rotatable bonds is 44. The molecule has 1 aliphatic heterocycles. The molecule has 65 heavy (non-hydrogen) atoms. The molecule has 1 aliphatic rings. The second-order valence-corrected chi connectivity index (χ2v) is 18.4. The van der Waals surface area contributed by atoms with Gasteiger partial charge in [0.15, 0.2) is 6.29 Å². The smallest absolute Gasteiger partial charge is 0.397 e. The number of aliphatic hydroxyl groups excluding tert-OH is 3. The molecule has 4 N–H and O–H groups in total. The van der Waals surface area contributed by atoms with Crippen molar-refractivity contribution in [3.05, 3.63) is 60.8 Å². The molecule has 1 heterocycles. The number of carbonyl (C=O) groups is 1. The third kappa shape index (κ3) is 36.5. The van der Waals surface area contributed by atoms with Crippen LogP contribution >= 0.6 is 0 Å². The Bertz CT molecular complexity index is 1360. The normalized spacial score (nSPS) is 20.1. The summed E-state index contributed by atoms with van der Waals surface area (Å²) < 4.78 is 59.2. The molecule has 12 nitrogen and oxygen atoms in total. The number of aliphatic hydroxyl groups is 3. The average Bonchev–Trinajstić information content (AvgIpc) is 3.28. The van der Waals surface area contributed by atoms with E-state index in [0.717, 1.165) is 83.5 Å². The van der Waals surface area contributed by atoms with Crippen LogP contribution in [0.1, 0.15) is 200 Å². The van der Waals surface area contributed by atoms with E-state index in [0.29, 0.717) is 13.0 Å². The first kappa shape index (κ1) is 60.8. The lowest BCUT2D eigenvalue weighted by molar-refractivity contribution is -0.301. The molecule has 0 radical (unpaired) electrons. The van der Waals surface area contributed by atoms with Gasteiger partial charge in [-0.25, -0.2) is 4.18 Å². The van der Waals surface area contributed by atoms with Crippen molar-refractivity contribution in [2.45, 2.75) is 237 Å². The van der Waals surface area contributed by atoms with Crippen molar-refractivity contribution in [2.24, 2.45) is 0 Å². The van der Waals surface area contributed by atoms with E-state index >= 15 is 0 Å². The molecule has 0 aromatic carbocycles. The zero-order valence-electron chi connectivity index (χ0n) is 40.5. The molecule has 0 aromatic heterocycles. The molecule has 0 saturated carbocycles. The van der Waals surface area contributed by atoms with Gasteiger partial charge in [0.2, 0.25) is 0 Å². The zero-order chi connectivity index (χ0) is 47.5. The lowest BCUT2D eigenvalue weighted by atomic mass is 9.99. The van der Waals surface area contributed by atoms with Crippen LogP contribution in [0.4, 0.5) is 0 Å². The van der Waals surface area contributed by atoms with Crippen LogP contribution in [0.5, 0.6) is 0 Å². The minimum atomic E-state index is -5.07. The largest absolute Gasteiger partial charge is 0.457 e. The number of ether oxygens (including phenoxy) is 4. The van der Waals surface area contributed by atoms with Gasteiger partial charge in [-0.2, -0.15) is 8.42 Å². The Kier molecular flexibility index (Phi) is 40.3. The monoisotopic (exact) mass is 941 g/mol. The van der Waals surface area contributed by atoms with Crippen molar-refractivity contribution >= 4 is 16.4 Å². The van der Waals surface area contributed by atoms with Crippen molar-refractivity contribution in [2.75, 3.05) is 26.4 Å². The van der Waals surface area contributed by atoms with Crippen molar-refractivity contribution in [3.63, 3.8) is 0 Å². The third-order valence-electron chi connectivity index (χ3n) is 11.4. The van der Waals surface area contributed by atoms with Gasteiger partial charge in [-0.1, -0.05) is 177 Å². The predicted molar refractivity (Wildman–Crippen MR) is 262 cm³/mol. The Balaban J connectivity index is 2.37. The fraction of sp³-hybridized carbons (Fsp3) is 0.788. The van der Waals surface area contributed by atoms with Crippen LogP contribution < -0.4 is 0 Å². The molecule has 13 heteroatoms. The minimum Gasteiger partial charge on any atom is -0.457 e. The third-order valence-corrected chi connectivity index (χ3v) is 11.8. The Hall–Kier alpha value is -2.20. The van der Waals surface area contributed by atoms with Gasteiger partial charge in [0, 0.05) is 13.0 Å². The second kappa shape index (κ2) is 43.1. The summed E-state index contributed by atoms with van der Waals surface area (Å²) in [6.45, 7) is 3.91. The van der Waals surface area contributed by atoms with Gasteiger partial charge >= 0.3 is 16.4 Å². The number of esters is 1. The van der Waals surface area contributed by atoms with E-state index in [4.69, 9.17) is 18.9 Å². The quantitative estimate of drug-likeness (QED) is 0.0197. The number of hydrogen-bond donors (Lipinski definition) is 4. The van der Waals surface area contributed by atoms with Gasteiger partial charge < -0.3 is 34.3 Å². The molecule has 1 rings (SSSR count). The molecule has 0 spiro atoms. The molecule has 0 aromatic rings. The van der Waals surface area contributed by atoms with Crippen molar-refractivity contribution < 1.29 is 56.2 Å². The first-order chi connectivity index (χ1) is 31.6.